The molecule has 4 heterocycles. The monoisotopic (exact) mass is 577 g/mol. The second kappa shape index (κ2) is 10.8. The van der Waals surface area contributed by atoms with Crippen molar-refractivity contribution in [2.24, 2.45) is 0 Å². The van der Waals surface area contributed by atoms with E-state index in [4.69, 9.17) is 0 Å². The van der Waals surface area contributed by atoms with Crippen LogP contribution in [0.15, 0.2) is 35.3 Å². The standard InChI is InChI=1S/C29H26F3N7O3/c1-14(2)23-25(15(3)7-8-34-23)39-27-19(26(36-28(39)40)38-10-9-37(29(41)42)13-16(38)4)11-17(12-33)24(35-27)18-5-6-20(30)22(32)21(18)31/h5-8,11,14,16H,9-10,13H2,1-4H3,(H,41,42)/t16-/m0/s1. The van der Waals surface area contributed by atoms with E-state index < -0.39 is 40.8 Å². The maximum Gasteiger partial charge on any atom is 0.407 e. The molecular weight excluding hydrogens is 551 g/mol. The van der Waals surface area contributed by atoms with Crippen LogP contribution < -0.4 is 10.6 Å². The molecule has 0 spiro atoms. The van der Waals surface area contributed by atoms with Gasteiger partial charge in [-0.2, -0.15) is 10.2 Å². The molecule has 42 heavy (non-hydrogen) atoms. The van der Waals surface area contributed by atoms with E-state index in [1.807, 2.05) is 19.9 Å². The van der Waals surface area contributed by atoms with Gasteiger partial charge in [-0.1, -0.05) is 13.8 Å². The second-order valence-electron chi connectivity index (χ2n) is 10.4. The van der Waals surface area contributed by atoms with Gasteiger partial charge in [-0.25, -0.2) is 32.3 Å². The minimum atomic E-state index is -1.72. The number of rotatable bonds is 4. The number of hydrogen-bond donors (Lipinski definition) is 1. The number of carbonyl (C=O) groups is 1. The zero-order chi connectivity index (χ0) is 30.5. The molecule has 0 bridgehead atoms. The zero-order valence-electron chi connectivity index (χ0n) is 23.2. The lowest BCUT2D eigenvalue weighted by molar-refractivity contribution is 0.136. The fraction of sp³-hybridized carbons (Fsp3) is 0.310. The number of halogens is 3. The fourth-order valence-electron chi connectivity index (χ4n) is 5.28. The van der Waals surface area contributed by atoms with Crippen LogP contribution in [-0.2, 0) is 0 Å². The van der Waals surface area contributed by atoms with Crippen LogP contribution in [0, 0.1) is 35.7 Å². The number of piperazine rings is 1. The summed E-state index contributed by atoms with van der Waals surface area (Å²) < 4.78 is 44.3. The van der Waals surface area contributed by atoms with Crippen molar-refractivity contribution >= 4 is 22.9 Å². The molecule has 0 aliphatic carbocycles. The van der Waals surface area contributed by atoms with Gasteiger partial charge in [0.05, 0.1) is 28.0 Å². The van der Waals surface area contributed by atoms with Gasteiger partial charge in [-0.3, -0.25) is 4.98 Å². The summed E-state index contributed by atoms with van der Waals surface area (Å²) in [6.07, 6.45) is 0.533. The largest absolute Gasteiger partial charge is 0.465 e. The van der Waals surface area contributed by atoms with Gasteiger partial charge in [0.2, 0.25) is 0 Å². The Bertz CT molecular complexity index is 1850. The highest BCUT2D eigenvalue weighted by atomic mass is 19.2. The number of benzene rings is 1. The Hall–Kier alpha value is -4.99. The first-order valence-corrected chi connectivity index (χ1v) is 13.2. The van der Waals surface area contributed by atoms with E-state index in [0.717, 1.165) is 12.1 Å². The molecule has 1 aromatic carbocycles. The molecule has 3 aromatic heterocycles. The Labute approximate surface area is 238 Å². The van der Waals surface area contributed by atoms with Gasteiger partial charge in [0, 0.05) is 37.4 Å². The molecular formula is C29H26F3N7O3. The minimum absolute atomic E-state index is 0.00556. The van der Waals surface area contributed by atoms with Crippen LogP contribution in [0.1, 0.15) is 43.5 Å². The fourth-order valence-corrected chi connectivity index (χ4v) is 5.28. The molecule has 4 aromatic rings. The summed E-state index contributed by atoms with van der Waals surface area (Å²) >= 11 is 0. The van der Waals surface area contributed by atoms with Crippen LogP contribution in [0.5, 0.6) is 0 Å². The molecule has 0 saturated carbocycles. The number of nitrogens with zero attached hydrogens (tertiary/aromatic N) is 7. The molecule has 0 unspecified atom stereocenters. The van der Waals surface area contributed by atoms with Crippen LogP contribution >= 0.6 is 0 Å². The van der Waals surface area contributed by atoms with Crippen molar-refractivity contribution in [1.29, 1.82) is 5.26 Å². The molecule has 216 valence electrons. The van der Waals surface area contributed by atoms with Crippen LogP contribution in [-0.4, -0.2) is 61.3 Å². The molecule has 1 aliphatic rings. The molecule has 1 atom stereocenters. The van der Waals surface area contributed by atoms with Crippen LogP contribution in [0.3, 0.4) is 0 Å². The third-order valence-electron chi connectivity index (χ3n) is 7.35. The van der Waals surface area contributed by atoms with E-state index in [0.29, 0.717) is 16.9 Å². The van der Waals surface area contributed by atoms with Crippen LogP contribution in [0.2, 0.25) is 0 Å². The van der Waals surface area contributed by atoms with Crippen molar-refractivity contribution in [2.45, 2.75) is 39.7 Å². The van der Waals surface area contributed by atoms with Crippen molar-refractivity contribution in [3.63, 3.8) is 0 Å². The quantitative estimate of drug-likeness (QED) is 0.344. The van der Waals surface area contributed by atoms with E-state index in [1.165, 1.54) is 15.5 Å². The molecule has 13 heteroatoms. The summed E-state index contributed by atoms with van der Waals surface area (Å²) in [5.41, 5.74) is -0.0249. The predicted molar refractivity (Wildman–Crippen MR) is 148 cm³/mol. The molecule has 5 rings (SSSR count). The molecule has 1 N–H and O–H groups in total. The van der Waals surface area contributed by atoms with E-state index in [-0.39, 0.29) is 53.7 Å². The Morgan fingerprint density at radius 1 is 1.14 bits per heavy atom. The number of pyridine rings is 2. The average molecular weight is 578 g/mol. The number of amides is 1. The first-order valence-electron chi connectivity index (χ1n) is 13.2. The zero-order valence-corrected chi connectivity index (χ0v) is 23.2. The van der Waals surface area contributed by atoms with Gasteiger partial charge in [-0.15, -0.1) is 0 Å². The Balaban J connectivity index is 1.89. The smallest absolute Gasteiger partial charge is 0.407 e. The number of aromatic nitrogens is 4. The third-order valence-corrected chi connectivity index (χ3v) is 7.35. The van der Waals surface area contributed by atoms with Gasteiger partial charge in [0.1, 0.15) is 11.9 Å². The molecule has 1 fully saturated rings. The molecule has 1 saturated heterocycles. The van der Waals surface area contributed by atoms with Crippen molar-refractivity contribution in [3.8, 4) is 23.0 Å². The average Bonchev–Trinajstić information content (AvgIpc) is 2.95. The van der Waals surface area contributed by atoms with E-state index in [1.54, 1.807) is 31.0 Å². The van der Waals surface area contributed by atoms with Crippen molar-refractivity contribution < 1.29 is 23.1 Å². The highest BCUT2D eigenvalue weighted by Gasteiger charge is 2.31. The van der Waals surface area contributed by atoms with Crippen molar-refractivity contribution in [1.82, 2.24) is 24.4 Å². The minimum Gasteiger partial charge on any atom is -0.465 e. The predicted octanol–water partition coefficient (Wildman–Crippen LogP) is 4.75. The van der Waals surface area contributed by atoms with Gasteiger partial charge in [0.25, 0.3) is 0 Å². The van der Waals surface area contributed by atoms with Crippen LogP contribution in [0.25, 0.3) is 28.0 Å². The number of fused-ring (bicyclic) bond motifs is 1. The van der Waals surface area contributed by atoms with Gasteiger partial charge < -0.3 is 14.9 Å². The van der Waals surface area contributed by atoms with E-state index in [9.17, 15) is 28.7 Å². The second-order valence-corrected chi connectivity index (χ2v) is 10.4. The molecule has 10 nitrogen and oxygen atoms in total. The summed E-state index contributed by atoms with van der Waals surface area (Å²) in [7, 11) is 0. The van der Waals surface area contributed by atoms with Gasteiger partial charge in [0.15, 0.2) is 23.1 Å². The summed E-state index contributed by atoms with van der Waals surface area (Å²) in [5.74, 6) is -4.62. The number of hydrogen-bond acceptors (Lipinski definition) is 7. The number of aryl methyl sites for hydroxylation is 1. The maximum absolute atomic E-state index is 15.0. The maximum atomic E-state index is 15.0. The lowest BCUT2D eigenvalue weighted by atomic mass is 10.0. The highest BCUT2D eigenvalue weighted by molar-refractivity contribution is 5.92. The summed E-state index contributed by atoms with van der Waals surface area (Å²) in [4.78, 5) is 41.9. The first-order chi connectivity index (χ1) is 19.9. The SMILES string of the molecule is Cc1ccnc(C(C)C)c1-n1c(=O)nc(N2CCN(C(=O)O)C[C@@H]2C)c2cc(C#N)c(-c3ccc(F)c(F)c3F)nc21. The molecule has 0 radical (unpaired) electrons. The Morgan fingerprint density at radius 2 is 1.88 bits per heavy atom. The lowest BCUT2D eigenvalue weighted by Crippen LogP contribution is -2.54. The third kappa shape index (κ3) is 4.68. The lowest BCUT2D eigenvalue weighted by Gasteiger charge is -2.39. The number of anilines is 1. The van der Waals surface area contributed by atoms with Gasteiger partial charge in [-0.05, 0) is 49.6 Å². The highest BCUT2D eigenvalue weighted by Crippen LogP contribution is 2.35. The van der Waals surface area contributed by atoms with E-state index in [2.05, 4.69) is 15.0 Å². The Kier molecular flexibility index (Phi) is 7.32. The first kappa shape index (κ1) is 28.5. The Morgan fingerprint density at radius 3 is 2.52 bits per heavy atom. The number of nitriles is 1. The number of carboxylic acid groups (broad SMARTS) is 1. The van der Waals surface area contributed by atoms with Crippen LogP contribution in [0.4, 0.5) is 23.8 Å². The molecule has 1 aliphatic heterocycles. The summed E-state index contributed by atoms with van der Waals surface area (Å²) in [6.45, 7) is 7.82. The van der Waals surface area contributed by atoms with E-state index >= 15 is 4.39 Å². The van der Waals surface area contributed by atoms with Crippen molar-refractivity contribution in [2.75, 3.05) is 24.5 Å². The van der Waals surface area contributed by atoms with Gasteiger partial charge >= 0.3 is 11.8 Å². The topological polar surface area (TPSA) is 128 Å². The summed E-state index contributed by atoms with van der Waals surface area (Å²) in [5, 5.41) is 19.8. The molecule has 1 amide bonds. The normalized spacial score (nSPS) is 15.4. The van der Waals surface area contributed by atoms with Crippen molar-refractivity contribution in [3.05, 3.63) is 75.2 Å². The summed E-state index contributed by atoms with van der Waals surface area (Å²) in [6, 6.07) is 6.35.